The van der Waals surface area contributed by atoms with Gasteiger partial charge in [-0.15, -0.1) is 0 Å². The highest BCUT2D eigenvalue weighted by atomic mass is 19.1. The summed E-state index contributed by atoms with van der Waals surface area (Å²) in [5, 5.41) is 2.79. The van der Waals surface area contributed by atoms with Gasteiger partial charge in [-0.3, -0.25) is 19.6 Å². The van der Waals surface area contributed by atoms with Crippen molar-refractivity contribution in [2.75, 3.05) is 13.1 Å². The Labute approximate surface area is 219 Å². The van der Waals surface area contributed by atoms with Gasteiger partial charge in [-0.05, 0) is 50.5 Å². The molecule has 8 nitrogen and oxygen atoms in total. The van der Waals surface area contributed by atoms with Crippen LogP contribution in [-0.4, -0.2) is 51.8 Å². The fourth-order valence-electron chi connectivity index (χ4n) is 5.64. The van der Waals surface area contributed by atoms with Crippen molar-refractivity contribution < 1.29 is 23.5 Å². The molecule has 1 spiro atoms. The Morgan fingerprint density at radius 2 is 1.84 bits per heavy atom. The third-order valence-electron chi connectivity index (χ3n) is 7.73. The Bertz CT molecular complexity index is 1470. The summed E-state index contributed by atoms with van der Waals surface area (Å²) in [7, 11) is 0. The Balaban J connectivity index is 1.21. The highest BCUT2D eigenvalue weighted by molar-refractivity contribution is 5.96. The number of benzene rings is 1. The number of carbonyl (C=O) groups excluding carboxylic acids is 3. The standard InChI is InChI=1S/C29H27FN4O4/c1-17(2)33-25(35)24-6-4-19(14-32-24)18-3-5-22(23(30)13-18)28(8-9-28)27(37)34-12-10-29(16-34)21-7-11-31-15-20(21)26(36)38-29/h3-7,11,13-15,17H,8-10,12,16H2,1-2H3,(H,33,35)/t29-/m0/s1. The number of carbonyl (C=O) groups is 3. The fraction of sp³-hybridized carbons (Fsp3) is 0.345. The number of likely N-dealkylation sites (tertiary alicyclic amines) is 1. The largest absolute Gasteiger partial charge is 0.449 e. The first-order valence-electron chi connectivity index (χ1n) is 12.8. The van der Waals surface area contributed by atoms with Crippen molar-refractivity contribution in [3.8, 4) is 11.1 Å². The first kappa shape index (κ1) is 24.2. The minimum Gasteiger partial charge on any atom is -0.449 e. The summed E-state index contributed by atoms with van der Waals surface area (Å²) < 4.78 is 21.2. The lowest BCUT2D eigenvalue weighted by Crippen LogP contribution is -2.40. The van der Waals surface area contributed by atoms with Crippen LogP contribution in [0.25, 0.3) is 11.1 Å². The van der Waals surface area contributed by atoms with E-state index in [0.717, 1.165) is 5.56 Å². The maximum Gasteiger partial charge on any atom is 0.341 e. The van der Waals surface area contributed by atoms with Gasteiger partial charge in [0.05, 0.1) is 17.5 Å². The lowest BCUT2D eigenvalue weighted by Gasteiger charge is -2.27. The average molecular weight is 515 g/mol. The van der Waals surface area contributed by atoms with Crippen LogP contribution in [0.1, 0.15) is 65.1 Å². The quantitative estimate of drug-likeness (QED) is 0.521. The number of nitrogens with zero attached hydrogens (tertiary/aromatic N) is 3. The molecule has 38 heavy (non-hydrogen) atoms. The van der Waals surface area contributed by atoms with E-state index in [2.05, 4.69) is 15.3 Å². The van der Waals surface area contributed by atoms with E-state index in [1.54, 1.807) is 47.6 Å². The Morgan fingerprint density at radius 1 is 1.05 bits per heavy atom. The van der Waals surface area contributed by atoms with Crippen molar-refractivity contribution in [1.82, 2.24) is 20.2 Å². The minimum absolute atomic E-state index is 0.00421. The van der Waals surface area contributed by atoms with Crippen LogP contribution in [0.4, 0.5) is 4.39 Å². The number of pyridine rings is 2. The summed E-state index contributed by atoms with van der Waals surface area (Å²) in [5.41, 5.74) is 1.37. The van der Waals surface area contributed by atoms with Gasteiger partial charge in [-0.2, -0.15) is 0 Å². The second-order valence-electron chi connectivity index (χ2n) is 10.6. The number of aromatic nitrogens is 2. The highest BCUT2D eigenvalue weighted by Crippen LogP contribution is 2.53. The molecule has 1 aliphatic carbocycles. The van der Waals surface area contributed by atoms with Crippen molar-refractivity contribution in [2.24, 2.45) is 0 Å². The van der Waals surface area contributed by atoms with Crippen LogP contribution in [-0.2, 0) is 20.5 Å². The zero-order chi connectivity index (χ0) is 26.7. The summed E-state index contributed by atoms with van der Waals surface area (Å²) in [6.07, 6.45) is 6.29. The van der Waals surface area contributed by atoms with Crippen LogP contribution < -0.4 is 5.32 Å². The molecule has 194 valence electrons. The Kier molecular flexibility index (Phi) is 5.55. The van der Waals surface area contributed by atoms with Crippen molar-refractivity contribution in [1.29, 1.82) is 0 Å². The monoisotopic (exact) mass is 514 g/mol. The number of fused-ring (bicyclic) bond motifs is 2. The third kappa shape index (κ3) is 3.84. The summed E-state index contributed by atoms with van der Waals surface area (Å²) in [6.45, 7) is 4.42. The van der Waals surface area contributed by atoms with Gasteiger partial charge in [0.2, 0.25) is 5.91 Å². The Morgan fingerprint density at radius 3 is 2.53 bits per heavy atom. The van der Waals surface area contributed by atoms with E-state index >= 15 is 4.39 Å². The van der Waals surface area contributed by atoms with E-state index in [0.29, 0.717) is 48.1 Å². The molecule has 4 heterocycles. The van der Waals surface area contributed by atoms with Gasteiger partial charge in [0.1, 0.15) is 11.5 Å². The normalized spacial score (nSPS) is 20.9. The van der Waals surface area contributed by atoms with Crippen molar-refractivity contribution in [3.63, 3.8) is 0 Å². The molecule has 2 fully saturated rings. The first-order valence-corrected chi connectivity index (χ1v) is 12.8. The molecule has 9 heteroatoms. The zero-order valence-corrected chi connectivity index (χ0v) is 21.2. The van der Waals surface area contributed by atoms with Crippen LogP contribution in [0.15, 0.2) is 55.0 Å². The minimum atomic E-state index is -0.908. The maximum atomic E-state index is 15.5. The van der Waals surface area contributed by atoms with Crippen LogP contribution in [0, 0.1) is 5.82 Å². The van der Waals surface area contributed by atoms with Gasteiger partial charge in [0, 0.05) is 54.3 Å². The number of nitrogens with one attached hydrogen (secondary N) is 1. The predicted molar refractivity (Wildman–Crippen MR) is 136 cm³/mol. The molecule has 2 aromatic heterocycles. The lowest BCUT2D eigenvalue weighted by molar-refractivity contribution is -0.134. The van der Waals surface area contributed by atoms with E-state index in [4.69, 9.17) is 4.74 Å². The average Bonchev–Trinajstić information content (AvgIpc) is 3.53. The third-order valence-corrected chi connectivity index (χ3v) is 7.73. The molecule has 0 radical (unpaired) electrons. The fourth-order valence-corrected chi connectivity index (χ4v) is 5.64. The van der Waals surface area contributed by atoms with Gasteiger partial charge in [0.15, 0.2) is 5.60 Å². The van der Waals surface area contributed by atoms with E-state index in [9.17, 15) is 14.4 Å². The molecule has 3 aliphatic rings. The number of halogens is 1. The zero-order valence-electron chi connectivity index (χ0n) is 21.2. The number of hydrogen-bond donors (Lipinski definition) is 1. The number of hydrogen-bond acceptors (Lipinski definition) is 6. The van der Waals surface area contributed by atoms with Crippen molar-refractivity contribution >= 4 is 17.8 Å². The molecule has 1 saturated heterocycles. The Hall–Kier alpha value is -4.14. The summed E-state index contributed by atoms with van der Waals surface area (Å²) in [6, 6.07) is 9.99. The smallest absolute Gasteiger partial charge is 0.341 e. The summed E-state index contributed by atoms with van der Waals surface area (Å²) in [5.74, 6) is -1.28. The van der Waals surface area contributed by atoms with E-state index in [-0.39, 0.29) is 30.1 Å². The van der Waals surface area contributed by atoms with E-state index in [1.807, 2.05) is 13.8 Å². The topological polar surface area (TPSA) is 101 Å². The van der Waals surface area contributed by atoms with Crippen molar-refractivity contribution in [3.05, 3.63) is 83.2 Å². The molecular formula is C29H27FN4O4. The van der Waals surface area contributed by atoms with Crippen LogP contribution >= 0.6 is 0 Å². The summed E-state index contributed by atoms with van der Waals surface area (Å²) >= 11 is 0. The van der Waals surface area contributed by atoms with E-state index in [1.165, 1.54) is 12.3 Å². The molecule has 1 atom stereocenters. The maximum absolute atomic E-state index is 15.5. The van der Waals surface area contributed by atoms with Gasteiger partial charge in [0.25, 0.3) is 5.91 Å². The number of ether oxygens (including phenoxy) is 1. The number of rotatable bonds is 5. The van der Waals surface area contributed by atoms with Crippen molar-refractivity contribution in [2.45, 2.75) is 50.2 Å². The van der Waals surface area contributed by atoms with Crippen LogP contribution in [0.5, 0.6) is 0 Å². The molecular weight excluding hydrogens is 487 g/mol. The molecule has 2 amide bonds. The first-order chi connectivity index (χ1) is 18.2. The molecule has 6 rings (SSSR count). The van der Waals surface area contributed by atoms with Crippen LogP contribution in [0.3, 0.4) is 0 Å². The SMILES string of the molecule is CC(C)NC(=O)c1ccc(-c2ccc(C3(C(=O)N4CC[C@@]5(C4)OC(=O)c4cnccc45)CC3)c(F)c2)cn1. The molecule has 1 N–H and O–H groups in total. The van der Waals surface area contributed by atoms with E-state index < -0.39 is 22.8 Å². The molecule has 0 unspecified atom stereocenters. The van der Waals surface area contributed by atoms with Crippen LogP contribution in [0.2, 0.25) is 0 Å². The molecule has 2 aliphatic heterocycles. The highest BCUT2D eigenvalue weighted by Gasteiger charge is 2.58. The van der Waals surface area contributed by atoms with Gasteiger partial charge >= 0.3 is 5.97 Å². The molecule has 1 saturated carbocycles. The predicted octanol–water partition coefficient (Wildman–Crippen LogP) is 3.75. The van der Waals surface area contributed by atoms with Gasteiger partial charge in [-0.1, -0.05) is 18.2 Å². The molecule has 0 bridgehead atoms. The second-order valence-corrected chi connectivity index (χ2v) is 10.6. The molecule has 1 aromatic carbocycles. The second kappa shape index (κ2) is 8.72. The lowest BCUT2D eigenvalue weighted by atomic mass is 9.91. The number of amides is 2. The van der Waals surface area contributed by atoms with Gasteiger partial charge < -0.3 is 15.0 Å². The van der Waals surface area contributed by atoms with Gasteiger partial charge in [-0.25, -0.2) is 9.18 Å². The molecule has 3 aromatic rings. The number of esters is 1. The summed E-state index contributed by atoms with van der Waals surface area (Å²) in [4.78, 5) is 48.2.